The summed E-state index contributed by atoms with van der Waals surface area (Å²) in [6.07, 6.45) is 5.34. The minimum absolute atomic E-state index is 0.751. The van der Waals surface area contributed by atoms with Gasteiger partial charge in [-0.15, -0.1) is 0 Å². The quantitative estimate of drug-likeness (QED) is 0.262. The Morgan fingerprint density at radius 1 is 0.571 bits per heavy atom. The number of rotatable bonds is 6. The largest absolute Gasteiger partial charge is 0.369 e. The van der Waals surface area contributed by atoms with Gasteiger partial charge < -0.3 is 9.80 Å². The first-order chi connectivity index (χ1) is 16.5. The van der Waals surface area contributed by atoms with Crippen LogP contribution in [0.3, 0.4) is 0 Å². The van der Waals surface area contributed by atoms with Crippen LogP contribution in [0.1, 0.15) is 27.8 Å². The highest BCUT2D eigenvalue weighted by atomic mass is 35.5. The lowest BCUT2D eigenvalue weighted by molar-refractivity contribution is 0.643. The molecule has 184 valence electrons. The van der Waals surface area contributed by atoms with Crippen molar-refractivity contribution < 1.29 is 0 Å². The van der Waals surface area contributed by atoms with Gasteiger partial charge in [-0.2, -0.15) is 0 Å². The van der Waals surface area contributed by atoms with E-state index in [-0.39, 0.29) is 0 Å². The van der Waals surface area contributed by atoms with Crippen LogP contribution in [0.4, 0.5) is 17.1 Å². The fraction of sp³-hybridized carbons (Fsp3) is 0.276. The van der Waals surface area contributed by atoms with E-state index in [1.807, 2.05) is 68.2 Å². The molecule has 0 unspecified atom stereocenters. The van der Waals surface area contributed by atoms with Gasteiger partial charge in [-0.25, -0.2) is 15.0 Å². The molecule has 0 aliphatic carbocycles. The molecule has 0 aliphatic rings. The summed E-state index contributed by atoms with van der Waals surface area (Å²) in [4.78, 5) is 17.1. The maximum absolute atomic E-state index is 5.82. The van der Waals surface area contributed by atoms with Crippen molar-refractivity contribution in [1.29, 1.82) is 0 Å². The Labute approximate surface area is 215 Å². The molecule has 0 radical (unpaired) electrons. The van der Waals surface area contributed by atoms with E-state index in [1.54, 1.807) is 19.0 Å². The molecular formula is C29H36ClN5. The van der Waals surface area contributed by atoms with E-state index in [2.05, 4.69) is 66.9 Å². The lowest BCUT2D eigenvalue weighted by Crippen LogP contribution is -2.12. The topological polar surface area (TPSA) is 43.6 Å². The zero-order chi connectivity index (χ0) is 26.0. The predicted octanol–water partition coefficient (Wildman–Crippen LogP) is 7.74. The molecule has 3 aromatic rings. The molecule has 0 aromatic heterocycles. The summed E-state index contributed by atoms with van der Waals surface area (Å²) in [5, 5.41) is 0.751. The molecule has 0 saturated heterocycles. The molecule has 0 spiro atoms. The summed E-state index contributed by atoms with van der Waals surface area (Å²) in [6.45, 7) is 10.3. The first-order valence-electron chi connectivity index (χ1n) is 11.5. The fourth-order valence-electron chi connectivity index (χ4n) is 3.18. The number of halogens is 1. The van der Waals surface area contributed by atoms with E-state index in [0.29, 0.717) is 0 Å². The Hall–Kier alpha value is -3.44. The molecule has 0 N–H and O–H groups in total. The van der Waals surface area contributed by atoms with E-state index >= 15 is 0 Å². The van der Waals surface area contributed by atoms with Gasteiger partial charge >= 0.3 is 0 Å². The number of aryl methyl sites for hydroxylation is 5. The van der Waals surface area contributed by atoms with Gasteiger partial charge in [0.15, 0.2) is 0 Å². The van der Waals surface area contributed by atoms with Gasteiger partial charge in [0, 0.05) is 26.2 Å². The lowest BCUT2D eigenvalue weighted by atomic mass is 10.1. The third kappa shape index (κ3) is 9.75. The number of aliphatic imine (C=N–C) groups is 3. The van der Waals surface area contributed by atoms with E-state index in [9.17, 15) is 0 Å². The molecule has 0 aliphatic heterocycles. The smallest absolute Gasteiger partial charge is 0.0961 e. The maximum atomic E-state index is 5.82. The van der Waals surface area contributed by atoms with Crippen molar-refractivity contribution in [1.82, 2.24) is 9.80 Å². The molecule has 0 amide bonds. The van der Waals surface area contributed by atoms with Crippen LogP contribution < -0.4 is 0 Å². The number of benzene rings is 3. The van der Waals surface area contributed by atoms with Crippen molar-refractivity contribution in [3.05, 3.63) is 87.4 Å². The average molecular weight is 490 g/mol. The van der Waals surface area contributed by atoms with Crippen molar-refractivity contribution in [3.8, 4) is 0 Å². The number of hydrogen-bond acceptors (Lipinski definition) is 3. The molecule has 0 atom stereocenters. The molecule has 0 bridgehead atoms. The summed E-state index contributed by atoms with van der Waals surface area (Å²) < 4.78 is 0. The minimum atomic E-state index is 0.751. The third-order valence-corrected chi connectivity index (χ3v) is 5.28. The highest BCUT2D eigenvalue weighted by Crippen LogP contribution is 2.22. The zero-order valence-corrected chi connectivity index (χ0v) is 22.8. The van der Waals surface area contributed by atoms with Crippen molar-refractivity contribution in [3.63, 3.8) is 0 Å². The molecule has 5 nitrogen and oxygen atoms in total. The van der Waals surface area contributed by atoms with E-state index < -0.39 is 0 Å². The summed E-state index contributed by atoms with van der Waals surface area (Å²) >= 11 is 5.82. The highest BCUT2D eigenvalue weighted by Gasteiger charge is 1.98. The molecule has 3 rings (SSSR count). The number of hydrogen-bond donors (Lipinski definition) is 0. The van der Waals surface area contributed by atoms with Gasteiger partial charge in [-0.3, -0.25) is 0 Å². The second-order valence-electron chi connectivity index (χ2n) is 8.87. The van der Waals surface area contributed by atoms with Crippen molar-refractivity contribution >= 4 is 47.7 Å². The second-order valence-corrected chi connectivity index (χ2v) is 9.31. The summed E-state index contributed by atoms with van der Waals surface area (Å²) in [5.74, 6) is 0. The monoisotopic (exact) mass is 489 g/mol. The Bertz CT molecular complexity index is 1150. The molecule has 3 aromatic carbocycles. The first-order valence-corrected chi connectivity index (χ1v) is 11.8. The van der Waals surface area contributed by atoms with Crippen LogP contribution in [0.5, 0.6) is 0 Å². The maximum Gasteiger partial charge on any atom is 0.0961 e. The molecule has 6 heteroatoms. The van der Waals surface area contributed by atoms with Gasteiger partial charge in [-0.1, -0.05) is 47.0 Å². The van der Waals surface area contributed by atoms with Gasteiger partial charge in [0.05, 0.1) is 36.1 Å². The van der Waals surface area contributed by atoms with E-state index in [4.69, 9.17) is 11.6 Å². The van der Waals surface area contributed by atoms with Crippen molar-refractivity contribution in [2.75, 3.05) is 21.1 Å². The normalized spacial score (nSPS) is 11.2. The van der Waals surface area contributed by atoms with Crippen molar-refractivity contribution in [2.45, 2.75) is 34.6 Å². The highest BCUT2D eigenvalue weighted by molar-refractivity contribution is 6.30. The van der Waals surface area contributed by atoms with E-state index in [0.717, 1.165) is 27.6 Å². The third-order valence-electron chi connectivity index (χ3n) is 5.05. The summed E-state index contributed by atoms with van der Waals surface area (Å²) in [5.41, 5.74) is 8.87. The zero-order valence-electron chi connectivity index (χ0n) is 22.0. The molecule has 0 saturated carbocycles. The first kappa shape index (κ1) is 27.8. The van der Waals surface area contributed by atoms with Crippen LogP contribution in [0.15, 0.2) is 69.6 Å². The van der Waals surface area contributed by atoms with Crippen LogP contribution in [-0.4, -0.2) is 50.0 Å². The van der Waals surface area contributed by atoms with Gasteiger partial charge in [0.1, 0.15) is 0 Å². The summed E-state index contributed by atoms with van der Waals surface area (Å²) in [7, 11) is 5.81. The second kappa shape index (κ2) is 13.4. The molecule has 0 heterocycles. The average Bonchev–Trinajstić information content (AvgIpc) is 2.77. The Morgan fingerprint density at radius 2 is 0.971 bits per heavy atom. The fourth-order valence-corrected chi connectivity index (χ4v) is 3.40. The summed E-state index contributed by atoms with van der Waals surface area (Å²) in [6, 6.07) is 18.2. The SMILES string of the molecule is Cc1cc(Cl)ccc1N=CN(C)C.Cc1ccc(/N=C/N(C)/C=N/c2ccc(C)cc2C)c(C)c1. The Morgan fingerprint density at radius 3 is 1.37 bits per heavy atom. The molecule has 0 fully saturated rings. The van der Waals surface area contributed by atoms with Crippen LogP contribution in [0, 0.1) is 34.6 Å². The lowest BCUT2D eigenvalue weighted by Gasteiger charge is -2.07. The Balaban J connectivity index is 0.000000283. The van der Waals surface area contributed by atoms with Gasteiger partial charge in [-0.05, 0) is 81.6 Å². The van der Waals surface area contributed by atoms with Crippen molar-refractivity contribution in [2.24, 2.45) is 15.0 Å². The van der Waals surface area contributed by atoms with Gasteiger partial charge in [0.25, 0.3) is 0 Å². The predicted molar refractivity (Wildman–Crippen MR) is 154 cm³/mol. The number of nitrogens with zero attached hydrogens (tertiary/aromatic N) is 5. The van der Waals surface area contributed by atoms with Crippen LogP contribution in [0.2, 0.25) is 5.02 Å². The minimum Gasteiger partial charge on any atom is -0.369 e. The van der Waals surface area contributed by atoms with E-state index in [1.165, 1.54) is 22.3 Å². The molecule has 35 heavy (non-hydrogen) atoms. The van der Waals surface area contributed by atoms with Crippen LogP contribution in [0.25, 0.3) is 0 Å². The van der Waals surface area contributed by atoms with Crippen LogP contribution >= 0.6 is 11.6 Å². The van der Waals surface area contributed by atoms with Gasteiger partial charge in [0.2, 0.25) is 0 Å². The Kier molecular flexibility index (Phi) is 10.7. The molecular weight excluding hydrogens is 454 g/mol. The standard InChI is InChI=1S/C19H23N3.C10H13ClN2/c1-14-6-8-18(16(3)10-14)20-12-22(5)13-21-19-9-7-15(2)11-17(19)4;1-8-6-9(11)4-5-10(8)12-7-13(2)3/h6-13H,1-5H3;4-7H,1-3H3/b20-12+,21-13+;. The van der Waals surface area contributed by atoms with Crippen LogP contribution in [-0.2, 0) is 0 Å².